The van der Waals surface area contributed by atoms with Gasteiger partial charge in [0.2, 0.25) is 0 Å². The summed E-state index contributed by atoms with van der Waals surface area (Å²) in [4.78, 5) is 4.98. The maximum Gasteiger partial charge on any atom is 0.0229 e. The Morgan fingerprint density at radius 3 is 2.47 bits per heavy atom. The van der Waals surface area contributed by atoms with E-state index in [4.69, 9.17) is 0 Å². The average molecular weight is 277 g/mol. The summed E-state index contributed by atoms with van der Waals surface area (Å²) in [5.41, 5.74) is 0. The predicted molar refractivity (Wildman–Crippen MR) is 70.7 cm³/mol. The lowest BCUT2D eigenvalue weighted by Crippen LogP contribution is -2.35. The lowest BCUT2D eigenvalue weighted by molar-refractivity contribution is 0.228. The van der Waals surface area contributed by atoms with Gasteiger partial charge in [-0.1, -0.05) is 29.8 Å². The van der Waals surface area contributed by atoms with Crippen molar-refractivity contribution in [2.75, 3.05) is 39.1 Å². The number of rotatable bonds is 5. The van der Waals surface area contributed by atoms with Crippen molar-refractivity contribution in [2.24, 2.45) is 11.8 Å². The Morgan fingerprint density at radius 1 is 1.40 bits per heavy atom. The smallest absolute Gasteiger partial charge is 0.0229 e. The Hall–Kier alpha value is 0.400. The first-order chi connectivity index (χ1) is 7.04. The van der Waals surface area contributed by atoms with Crippen molar-refractivity contribution in [3.63, 3.8) is 0 Å². The number of nitrogens with zero attached hydrogens (tertiary/aromatic N) is 2. The summed E-state index contributed by atoms with van der Waals surface area (Å²) in [6, 6.07) is 0.771. The second kappa shape index (κ2) is 6.21. The topological polar surface area (TPSA) is 6.48 Å². The Morgan fingerprint density at radius 2 is 2.07 bits per heavy atom. The lowest BCUT2D eigenvalue weighted by Gasteiger charge is -2.26. The molecule has 1 aliphatic rings. The monoisotopic (exact) mass is 276 g/mol. The lowest BCUT2D eigenvalue weighted by atomic mass is 9.98. The Kier molecular flexibility index (Phi) is 5.58. The van der Waals surface area contributed by atoms with Crippen molar-refractivity contribution >= 4 is 15.9 Å². The van der Waals surface area contributed by atoms with Gasteiger partial charge < -0.3 is 9.80 Å². The zero-order valence-electron chi connectivity index (χ0n) is 10.5. The number of likely N-dealkylation sites (N-methyl/N-ethyl adjacent to an activating group) is 1. The van der Waals surface area contributed by atoms with Gasteiger partial charge in [0.05, 0.1) is 0 Å². The van der Waals surface area contributed by atoms with E-state index in [0.717, 1.165) is 23.2 Å². The second-order valence-electron chi connectivity index (χ2n) is 5.32. The van der Waals surface area contributed by atoms with Gasteiger partial charge in [0.15, 0.2) is 0 Å². The van der Waals surface area contributed by atoms with Crippen LogP contribution in [0.25, 0.3) is 0 Å². The molecule has 0 aromatic heterocycles. The van der Waals surface area contributed by atoms with Crippen molar-refractivity contribution in [1.82, 2.24) is 9.80 Å². The van der Waals surface area contributed by atoms with E-state index >= 15 is 0 Å². The normalized spacial score (nSPS) is 25.4. The fourth-order valence-electron chi connectivity index (χ4n) is 2.17. The number of likely N-dealkylation sites (tertiary alicyclic amines) is 1. The van der Waals surface area contributed by atoms with Crippen LogP contribution in [-0.4, -0.2) is 54.9 Å². The standard InChI is InChI=1S/C12H25BrN2/c1-10(2)11(7-13)8-15-6-5-12(9-15)14(3)4/h10-12H,5-9H2,1-4H3. The Bertz CT molecular complexity index is 182. The number of halogens is 1. The first kappa shape index (κ1) is 13.5. The molecule has 0 saturated carbocycles. The quantitative estimate of drug-likeness (QED) is 0.711. The van der Waals surface area contributed by atoms with Gasteiger partial charge in [-0.25, -0.2) is 0 Å². The van der Waals surface area contributed by atoms with Crippen LogP contribution < -0.4 is 0 Å². The molecule has 0 aromatic carbocycles. The highest BCUT2D eigenvalue weighted by molar-refractivity contribution is 9.09. The van der Waals surface area contributed by atoms with Gasteiger partial charge in [-0.3, -0.25) is 0 Å². The summed E-state index contributed by atoms with van der Waals surface area (Å²) in [6.07, 6.45) is 1.33. The molecule has 1 fully saturated rings. The van der Waals surface area contributed by atoms with E-state index in [1.807, 2.05) is 0 Å². The third kappa shape index (κ3) is 4.04. The molecule has 0 bridgehead atoms. The van der Waals surface area contributed by atoms with Crippen LogP contribution in [0.2, 0.25) is 0 Å². The molecule has 15 heavy (non-hydrogen) atoms. The molecule has 3 heteroatoms. The van der Waals surface area contributed by atoms with Crippen LogP contribution in [0.4, 0.5) is 0 Å². The molecule has 0 aromatic rings. The fraction of sp³-hybridized carbons (Fsp3) is 1.00. The maximum absolute atomic E-state index is 3.63. The van der Waals surface area contributed by atoms with Crippen LogP contribution in [0.15, 0.2) is 0 Å². The van der Waals surface area contributed by atoms with Gasteiger partial charge in [-0.2, -0.15) is 0 Å². The molecule has 1 aliphatic heterocycles. The van der Waals surface area contributed by atoms with E-state index in [-0.39, 0.29) is 0 Å². The van der Waals surface area contributed by atoms with Crippen LogP contribution >= 0.6 is 15.9 Å². The molecule has 1 heterocycles. The van der Waals surface area contributed by atoms with E-state index in [1.165, 1.54) is 26.1 Å². The van der Waals surface area contributed by atoms with Crippen molar-refractivity contribution in [1.29, 1.82) is 0 Å². The molecule has 90 valence electrons. The number of alkyl halides is 1. The highest BCUT2D eigenvalue weighted by atomic mass is 79.9. The minimum absolute atomic E-state index is 0.771. The summed E-state index contributed by atoms with van der Waals surface area (Å²) in [5.74, 6) is 1.58. The zero-order valence-corrected chi connectivity index (χ0v) is 12.1. The predicted octanol–water partition coefficient (Wildman–Crippen LogP) is 2.29. The van der Waals surface area contributed by atoms with E-state index in [1.54, 1.807) is 0 Å². The largest absolute Gasteiger partial charge is 0.305 e. The molecule has 0 radical (unpaired) electrons. The molecule has 1 saturated heterocycles. The van der Waals surface area contributed by atoms with Gasteiger partial charge in [-0.15, -0.1) is 0 Å². The zero-order chi connectivity index (χ0) is 11.4. The summed E-state index contributed by atoms with van der Waals surface area (Å²) < 4.78 is 0. The van der Waals surface area contributed by atoms with E-state index in [9.17, 15) is 0 Å². The third-order valence-electron chi connectivity index (χ3n) is 3.61. The number of hydrogen-bond acceptors (Lipinski definition) is 2. The molecule has 0 spiro atoms. The Labute approximate surface area is 103 Å². The van der Waals surface area contributed by atoms with Gasteiger partial charge in [0.25, 0.3) is 0 Å². The molecule has 1 rings (SSSR count). The summed E-state index contributed by atoms with van der Waals surface area (Å²) in [7, 11) is 4.39. The van der Waals surface area contributed by atoms with E-state index < -0.39 is 0 Å². The van der Waals surface area contributed by atoms with Crippen LogP contribution in [0.3, 0.4) is 0 Å². The first-order valence-corrected chi connectivity index (χ1v) is 7.11. The molecule has 0 aliphatic carbocycles. The minimum atomic E-state index is 0.771. The molecule has 2 nitrogen and oxygen atoms in total. The molecule has 0 N–H and O–H groups in total. The SMILES string of the molecule is CC(C)C(CBr)CN1CCC(N(C)C)C1. The van der Waals surface area contributed by atoms with Crippen molar-refractivity contribution in [3.8, 4) is 0 Å². The molecule has 2 atom stereocenters. The van der Waals surface area contributed by atoms with Crippen LogP contribution in [0.5, 0.6) is 0 Å². The summed E-state index contributed by atoms with van der Waals surface area (Å²) in [6.45, 7) is 8.44. The average Bonchev–Trinajstić information content (AvgIpc) is 2.61. The Balaban J connectivity index is 2.34. The van der Waals surface area contributed by atoms with Gasteiger partial charge in [0.1, 0.15) is 0 Å². The van der Waals surface area contributed by atoms with Crippen molar-refractivity contribution in [2.45, 2.75) is 26.3 Å². The minimum Gasteiger partial charge on any atom is -0.305 e. The second-order valence-corrected chi connectivity index (χ2v) is 5.97. The van der Waals surface area contributed by atoms with Gasteiger partial charge >= 0.3 is 0 Å². The fourth-order valence-corrected chi connectivity index (χ4v) is 3.12. The number of hydrogen-bond donors (Lipinski definition) is 0. The van der Waals surface area contributed by atoms with Crippen molar-refractivity contribution in [3.05, 3.63) is 0 Å². The van der Waals surface area contributed by atoms with Gasteiger partial charge in [0, 0.05) is 24.5 Å². The highest BCUT2D eigenvalue weighted by Crippen LogP contribution is 2.20. The molecule has 0 amide bonds. The molecule has 2 unspecified atom stereocenters. The van der Waals surface area contributed by atoms with Crippen molar-refractivity contribution < 1.29 is 0 Å². The van der Waals surface area contributed by atoms with E-state index in [0.29, 0.717) is 0 Å². The van der Waals surface area contributed by atoms with Gasteiger partial charge in [-0.05, 0) is 38.9 Å². The van der Waals surface area contributed by atoms with Crippen LogP contribution in [0, 0.1) is 11.8 Å². The molecular formula is C12H25BrN2. The molecular weight excluding hydrogens is 252 g/mol. The summed E-state index contributed by atoms with van der Waals surface area (Å²) in [5, 5.41) is 1.13. The highest BCUT2D eigenvalue weighted by Gasteiger charge is 2.26. The first-order valence-electron chi connectivity index (χ1n) is 5.99. The third-order valence-corrected chi connectivity index (χ3v) is 4.44. The van der Waals surface area contributed by atoms with Crippen LogP contribution in [0.1, 0.15) is 20.3 Å². The maximum atomic E-state index is 3.63. The van der Waals surface area contributed by atoms with Crippen LogP contribution in [-0.2, 0) is 0 Å². The summed E-state index contributed by atoms with van der Waals surface area (Å²) >= 11 is 3.63. The van der Waals surface area contributed by atoms with E-state index in [2.05, 4.69) is 53.7 Å².